The Morgan fingerprint density at radius 2 is 2.06 bits per heavy atom. The fraction of sp³-hybridized carbons (Fsp3) is 0.700. The van der Waals surface area contributed by atoms with E-state index in [0.29, 0.717) is 12.3 Å². The lowest BCUT2D eigenvalue weighted by atomic mass is 9.89. The van der Waals surface area contributed by atoms with Gasteiger partial charge in [-0.05, 0) is 30.6 Å². The highest BCUT2D eigenvalue weighted by atomic mass is 32.2. The van der Waals surface area contributed by atoms with Crippen LogP contribution in [-0.2, 0) is 14.9 Å². The molecule has 2 rings (SSSR count). The zero-order valence-electron chi connectivity index (χ0n) is 8.61. The standard InChI is InChI=1S/C10H14O5S/c11-10(12)5-9(16(13,14)15)8-4-6-1-2-7(8)3-6/h1-2,6-9H,3-5H2,(H,11,12)(H,13,14,15). The van der Waals surface area contributed by atoms with Gasteiger partial charge >= 0.3 is 5.97 Å². The highest BCUT2D eigenvalue weighted by Gasteiger charge is 2.45. The van der Waals surface area contributed by atoms with Crippen molar-refractivity contribution in [1.29, 1.82) is 0 Å². The predicted octanol–water partition coefficient (Wildman–Crippen LogP) is 0.930. The van der Waals surface area contributed by atoms with Crippen LogP contribution in [0.25, 0.3) is 0 Å². The molecule has 4 atom stereocenters. The molecule has 5 nitrogen and oxygen atoms in total. The fourth-order valence-corrected chi connectivity index (χ4v) is 4.01. The van der Waals surface area contributed by atoms with Gasteiger partial charge in [0, 0.05) is 0 Å². The van der Waals surface area contributed by atoms with E-state index in [-0.39, 0.29) is 11.8 Å². The Labute approximate surface area is 93.9 Å². The zero-order valence-corrected chi connectivity index (χ0v) is 9.43. The van der Waals surface area contributed by atoms with E-state index in [1.54, 1.807) is 0 Å². The van der Waals surface area contributed by atoms with Crippen LogP contribution >= 0.6 is 0 Å². The molecule has 2 bridgehead atoms. The smallest absolute Gasteiger partial charge is 0.304 e. The van der Waals surface area contributed by atoms with Crippen molar-refractivity contribution < 1.29 is 22.9 Å². The van der Waals surface area contributed by atoms with Crippen LogP contribution in [0.3, 0.4) is 0 Å². The van der Waals surface area contributed by atoms with Crippen molar-refractivity contribution in [2.45, 2.75) is 24.5 Å². The monoisotopic (exact) mass is 246 g/mol. The van der Waals surface area contributed by atoms with Gasteiger partial charge in [-0.25, -0.2) is 0 Å². The Morgan fingerprint density at radius 1 is 1.38 bits per heavy atom. The van der Waals surface area contributed by atoms with E-state index in [1.165, 1.54) is 0 Å². The summed E-state index contributed by atoms with van der Waals surface area (Å²) in [7, 11) is -4.28. The summed E-state index contributed by atoms with van der Waals surface area (Å²) in [4.78, 5) is 10.6. The summed E-state index contributed by atoms with van der Waals surface area (Å²) < 4.78 is 31.5. The molecule has 1 saturated carbocycles. The molecule has 0 radical (unpaired) electrons. The van der Waals surface area contributed by atoms with Gasteiger partial charge in [-0.15, -0.1) is 0 Å². The number of carboxylic acid groups (broad SMARTS) is 1. The molecule has 2 aliphatic carbocycles. The first kappa shape index (κ1) is 11.6. The summed E-state index contributed by atoms with van der Waals surface area (Å²) in [5.41, 5.74) is 0. The van der Waals surface area contributed by atoms with Gasteiger partial charge in [-0.2, -0.15) is 8.42 Å². The lowest BCUT2D eigenvalue weighted by molar-refractivity contribution is -0.137. The largest absolute Gasteiger partial charge is 0.481 e. The summed E-state index contributed by atoms with van der Waals surface area (Å²) in [6, 6.07) is 0. The number of fused-ring (bicyclic) bond motifs is 2. The first-order valence-corrected chi connectivity index (χ1v) is 6.74. The second-order valence-electron chi connectivity index (χ2n) is 4.60. The van der Waals surface area contributed by atoms with E-state index in [2.05, 4.69) is 0 Å². The summed E-state index contributed by atoms with van der Waals surface area (Å²) in [5.74, 6) is -0.972. The number of carboxylic acids is 1. The van der Waals surface area contributed by atoms with E-state index in [0.717, 1.165) is 6.42 Å². The molecular weight excluding hydrogens is 232 g/mol. The molecule has 16 heavy (non-hydrogen) atoms. The van der Waals surface area contributed by atoms with Crippen LogP contribution in [0.15, 0.2) is 12.2 Å². The van der Waals surface area contributed by atoms with E-state index in [9.17, 15) is 13.2 Å². The van der Waals surface area contributed by atoms with Gasteiger partial charge in [0.05, 0.1) is 6.42 Å². The predicted molar refractivity (Wildman–Crippen MR) is 56.4 cm³/mol. The SMILES string of the molecule is O=C(O)CC(C1CC2C=CC1C2)S(=O)(=O)O. The Bertz CT molecular complexity index is 424. The highest BCUT2D eigenvalue weighted by molar-refractivity contribution is 7.86. The van der Waals surface area contributed by atoms with Crippen LogP contribution < -0.4 is 0 Å². The van der Waals surface area contributed by atoms with Gasteiger partial charge in [-0.1, -0.05) is 12.2 Å². The van der Waals surface area contributed by atoms with Crippen molar-refractivity contribution in [2.75, 3.05) is 0 Å². The molecule has 2 N–H and O–H groups in total. The molecule has 0 amide bonds. The molecule has 6 heteroatoms. The molecule has 90 valence electrons. The van der Waals surface area contributed by atoms with Crippen molar-refractivity contribution in [1.82, 2.24) is 0 Å². The van der Waals surface area contributed by atoms with Gasteiger partial charge in [-0.3, -0.25) is 9.35 Å². The minimum Gasteiger partial charge on any atom is -0.481 e. The molecular formula is C10H14O5S. The molecule has 0 aromatic heterocycles. The lowest BCUT2D eigenvalue weighted by Crippen LogP contribution is -2.34. The third-order valence-corrected chi connectivity index (χ3v) is 4.85. The first-order chi connectivity index (χ1) is 7.38. The zero-order chi connectivity index (χ0) is 11.9. The Kier molecular flexibility index (Phi) is 2.79. The molecule has 0 saturated heterocycles. The number of carbonyl (C=O) groups is 1. The molecule has 0 aromatic rings. The maximum Gasteiger partial charge on any atom is 0.304 e. The van der Waals surface area contributed by atoms with Crippen LogP contribution in [0.2, 0.25) is 0 Å². The van der Waals surface area contributed by atoms with Crippen LogP contribution in [0.5, 0.6) is 0 Å². The number of hydrogen-bond acceptors (Lipinski definition) is 3. The highest BCUT2D eigenvalue weighted by Crippen LogP contribution is 2.46. The minimum absolute atomic E-state index is 0.108. The van der Waals surface area contributed by atoms with Gasteiger partial charge < -0.3 is 5.11 Å². The van der Waals surface area contributed by atoms with E-state index in [4.69, 9.17) is 9.66 Å². The molecule has 0 heterocycles. The second-order valence-corrected chi connectivity index (χ2v) is 6.23. The van der Waals surface area contributed by atoms with Crippen molar-refractivity contribution in [3.8, 4) is 0 Å². The maximum absolute atomic E-state index is 11.2. The minimum atomic E-state index is -4.28. The molecule has 1 fully saturated rings. The number of aliphatic carboxylic acids is 1. The van der Waals surface area contributed by atoms with Crippen LogP contribution in [0.1, 0.15) is 19.3 Å². The average molecular weight is 246 g/mol. The fourth-order valence-electron chi connectivity index (χ4n) is 2.90. The van der Waals surface area contributed by atoms with Gasteiger partial charge in [0.1, 0.15) is 5.25 Å². The molecule has 0 aromatic carbocycles. The van der Waals surface area contributed by atoms with Crippen molar-refractivity contribution in [3.05, 3.63) is 12.2 Å². The summed E-state index contributed by atoms with van der Waals surface area (Å²) >= 11 is 0. The number of rotatable bonds is 4. The normalized spacial score (nSPS) is 34.2. The van der Waals surface area contributed by atoms with Crippen molar-refractivity contribution in [2.24, 2.45) is 17.8 Å². The molecule has 0 spiro atoms. The molecule has 0 aliphatic heterocycles. The second kappa shape index (κ2) is 3.85. The van der Waals surface area contributed by atoms with Gasteiger partial charge in [0.2, 0.25) is 0 Å². The van der Waals surface area contributed by atoms with Crippen molar-refractivity contribution in [3.63, 3.8) is 0 Å². The van der Waals surface area contributed by atoms with E-state index >= 15 is 0 Å². The summed E-state index contributed by atoms with van der Waals surface area (Å²) in [6.45, 7) is 0. The average Bonchev–Trinajstić information content (AvgIpc) is 2.72. The van der Waals surface area contributed by atoms with Crippen LogP contribution in [0, 0.1) is 17.8 Å². The quantitative estimate of drug-likeness (QED) is 0.568. The number of hydrogen-bond donors (Lipinski definition) is 2. The summed E-state index contributed by atoms with van der Waals surface area (Å²) in [6.07, 6.45) is 5.03. The number of allylic oxidation sites excluding steroid dienone is 2. The summed E-state index contributed by atoms with van der Waals surface area (Å²) in [5, 5.41) is 7.52. The van der Waals surface area contributed by atoms with Crippen molar-refractivity contribution >= 4 is 16.1 Å². The molecule has 4 unspecified atom stereocenters. The maximum atomic E-state index is 11.2. The third kappa shape index (κ3) is 2.12. The third-order valence-electron chi connectivity index (χ3n) is 3.57. The Hall–Kier alpha value is -0.880. The first-order valence-electron chi connectivity index (χ1n) is 5.24. The lowest BCUT2D eigenvalue weighted by Gasteiger charge is -2.24. The van der Waals surface area contributed by atoms with E-state index in [1.807, 2.05) is 12.2 Å². The van der Waals surface area contributed by atoms with Gasteiger partial charge in [0.25, 0.3) is 10.1 Å². The van der Waals surface area contributed by atoms with Gasteiger partial charge in [0.15, 0.2) is 0 Å². The Balaban J connectivity index is 2.20. The topological polar surface area (TPSA) is 91.7 Å². The van der Waals surface area contributed by atoms with Crippen LogP contribution in [-0.4, -0.2) is 29.3 Å². The molecule has 2 aliphatic rings. The van der Waals surface area contributed by atoms with Crippen LogP contribution in [0.4, 0.5) is 0 Å². The van der Waals surface area contributed by atoms with E-state index < -0.39 is 27.8 Å². The Morgan fingerprint density at radius 3 is 2.44 bits per heavy atom.